The average Bonchev–Trinajstić information content (AvgIpc) is 2.88. The van der Waals surface area contributed by atoms with E-state index in [4.69, 9.17) is 10.5 Å². The molecule has 0 spiro atoms. The SMILES string of the molecule is CC(=O)c1ccc(NC(=O)O[C@H](c2cc(Br)ccc2O)C(C)(C)CC/C=C/C(=O)Nc2ccccc2N)cc1. The number of halogens is 1. The van der Waals surface area contributed by atoms with Crippen LogP contribution in [0.2, 0.25) is 0 Å². The molecule has 5 N–H and O–H groups in total. The lowest BCUT2D eigenvalue weighted by Gasteiger charge is -2.34. The average molecular weight is 595 g/mol. The smallest absolute Gasteiger partial charge is 0.412 e. The van der Waals surface area contributed by atoms with Gasteiger partial charge in [-0.25, -0.2) is 4.79 Å². The van der Waals surface area contributed by atoms with Crippen LogP contribution >= 0.6 is 15.9 Å². The van der Waals surface area contributed by atoms with Crippen LogP contribution in [0.25, 0.3) is 0 Å². The maximum Gasteiger partial charge on any atom is 0.412 e. The minimum atomic E-state index is -0.821. The molecule has 0 fully saturated rings. The van der Waals surface area contributed by atoms with Gasteiger partial charge in [-0.1, -0.05) is 48.0 Å². The molecule has 39 heavy (non-hydrogen) atoms. The van der Waals surface area contributed by atoms with Crippen molar-refractivity contribution in [3.63, 3.8) is 0 Å². The first-order valence-corrected chi connectivity index (χ1v) is 13.1. The van der Waals surface area contributed by atoms with Gasteiger partial charge in [0.2, 0.25) is 5.91 Å². The van der Waals surface area contributed by atoms with Crippen LogP contribution in [0, 0.1) is 5.41 Å². The molecule has 204 valence electrons. The number of amides is 2. The van der Waals surface area contributed by atoms with Gasteiger partial charge < -0.3 is 20.9 Å². The summed E-state index contributed by atoms with van der Waals surface area (Å²) in [5, 5.41) is 16.0. The van der Waals surface area contributed by atoms with Crippen molar-refractivity contribution in [1.29, 1.82) is 0 Å². The fraction of sp³-hybridized carbons (Fsp3) is 0.233. The highest BCUT2D eigenvalue weighted by Gasteiger charge is 2.35. The number of carbonyl (C=O) groups excluding carboxylic acids is 3. The Balaban J connectivity index is 1.72. The number of allylic oxidation sites excluding steroid dienone is 1. The summed E-state index contributed by atoms with van der Waals surface area (Å²) in [6.45, 7) is 5.31. The van der Waals surface area contributed by atoms with E-state index in [9.17, 15) is 19.5 Å². The normalized spacial score (nSPS) is 12.1. The van der Waals surface area contributed by atoms with Crippen LogP contribution in [-0.4, -0.2) is 22.9 Å². The zero-order valence-electron chi connectivity index (χ0n) is 22.0. The number of carbonyl (C=O) groups is 3. The minimum Gasteiger partial charge on any atom is -0.508 e. The van der Waals surface area contributed by atoms with E-state index >= 15 is 0 Å². The van der Waals surface area contributed by atoms with Crippen molar-refractivity contribution in [1.82, 2.24) is 0 Å². The summed E-state index contributed by atoms with van der Waals surface area (Å²) in [6.07, 6.45) is 2.68. The van der Waals surface area contributed by atoms with Gasteiger partial charge in [-0.15, -0.1) is 0 Å². The van der Waals surface area contributed by atoms with Gasteiger partial charge in [0.25, 0.3) is 0 Å². The number of hydrogen-bond donors (Lipinski definition) is 4. The highest BCUT2D eigenvalue weighted by atomic mass is 79.9. The Morgan fingerprint density at radius 2 is 1.74 bits per heavy atom. The van der Waals surface area contributed by atoms with E-state index in [0.29, 0.717) is 41.0 Å². The van der Waals surface area contributed by atoms with Crippen LogP contribution in [0.5, 0.6) is 5.75 Å². The number of ether oxygens (including phenoxy) is 1. The van der Waals surface area contributed by atoms with Crippen LogP contribution < -0.4 is 16.4 Å². The van der Waals surface area contributed by atoms with Gasteiger partial charge in [-0.05, 0) is 80.4 Å². The van der Waals surface area contributed by atoms with E-state index in [1.54, 1.807) is 66.7 Å². The van der Waals surface area contributed by atoms with Crippen molar-refractivity contribution < 1.29 is 24.2 Å². The molecular weight excluding hydrogens is 562 g/mol. The number of phenols is 1. The van der Waals surface area contributed by atoms with Crippen molar-refractivity contribution in [2.45, 2.75) is 39.7 Å². The number of Topliss-reactive ketones (excluding diaryl/α,β-unsaturated/α-hetero) is 1. The van der Waals surface area contributed by atoms with Crippen molar-refractivity contribution in [3.05, 3.63) is 94.5 Å². The number of phenolic OH excluding ortho intramolecular Hbond substituents is 1. The number of anilines is 3. The van der Waals surface area contributed by atoms with Gasteiger partial charge in [-0.3, -0.25) is 14.9 Å². The molecule has 0 aliphatic rings. The number of hydrogen-bond acceptors (Lipinski definition) is 6. The summed E-state index contributed by atoms with van der Waals surface area (Å²) in [7, 11) is 0. The zero-order chi connectivity index (χ0) is 28.6. The number of ketones is 1. The van der Waals surface area contributed by atoms with Crippen LogP contribution in [-0.2, 0) is 9.53 Å². The third-order valence-corrected chi connectivity index (χ3v) is 6.68. The van der Waals surface area contributed by atoms with Gasteiger partial charge >= 0.3 is 6.09 Å². The highest BCUT2D eigenvalue weighted by Crippen LogP contribution is 2.44. The van der Waals surface area contributed by atoms with Gasteiger partial charge in [0, 0.05) is 26.7 Å². The lowest BCUT2D eigenvalue weighted by molar-refractivity contribution is -0.111. The molecule has 3 aromatic rings. The Morgan fingerprint density at radius 3 is 2.41 bits per heavy atom. The second kappa shape index (κ2) is 13.1. The largest absolute Gasteiger partial charge is 0.508 e. The molecule has 0 saturated heterocycles. The van der Waals surface area contributed by atoms with E-state index in [1.165, 1.54) is 19.1 Å². The van der Waals surface area contributed by atoms with Crippen LogP contribution in [0.4, 0.5) is 21.9 Å². The van der Waals surface area contributed by atoms with Gasteiger partial charge in [0.15, 0.2) is 5.78 Å². The quantitative estimate of drug-likeness (QED) is 0.111. The summed E-state index contributed by atoms with van der Waals surface area (Å²) < 4.78 is 6.59. The maximum absolute atomic E-state index is 12.9. The predicted octanol–water partition coefficient (Wildman–Crippen LogP) is 7.23. The Morgan fingerprint density at radius 1 is 1.05 bits per heavy atom. The molecule has 0 bridgehead atoms. The lowest BCUT2D eigenvalue weighted by atomic mass is 9.78. The summed E-state index contributed by atoms with van der Waals surface area (Å²) in [6, 6.07) is 18.4. The summed E-state index contributed by atoms with van der Waals surface area (Å²) in [5.74, 6) is -0.393. The second-order valence-electron chi connectivity index (χ2n) is 9.75. The number of para-hydroxylation sites is 2. The first-order chi connectivity index (χ1) is 18.5. The Bertz CT molecular complexity index is 1370. The minimum absolute atomic E-state index is 0.00902. The molecule has 8 nitrogen and oxygen atoms in total. The number of benzene rings is 3. The topological polar surface area (TPSA) is 131 Å². The summed E-state index contributed by atoms with van der Waals surface area (Å²) >= 11 is 3.42. The molecule has 0 saturated carbocycles. The molecule has 0 radical (unpaired) electrons. The predicted molar refractivity (Wildman–Crippen MR) is 157 cm³/mol. The fourth-order valence-corrected chi connectivity index (χ4v) is 4.36. The molecule has 3 rings (SSSR count). The van der Waals surface area contributed by atoms with Crippen LogP contribution in [0.3, 0.4) is 0 Å². The third-order valence-electron chi connectivity index (χ3n) is 6.19. The van der Waals surface area contributed by atoms with Crippen molar-refractivity contribution >= 4 is 50.8 Å². The fourth-order valence-electron chi connectivity index (χ4n) is 3.98. The second-order valence-corrected chi connectivity index (χ2v) is 10.7. The molecule has 2 amide bonds. The van der Waals surface area contributed by atoms with E-state index in [-0.39, 0.29) is 17.4 Å². The molecule has 0 aliphatic heterocycles. The Kier molecular flexibility index (Phi) is 9.89. The van der Waals surface area contributed by atoms with E-state index in [0.717, 1.165) is 4.47 Å². The number of nitrogens with one attached hydrogen (secondary N) is 2. The number of aromatic hydroxyl groups is 1. The van der Waals surface area contributed by atoms with E-state index in [2.05, 4.69) is 26.6 Å². The maximum atomic E-state index is 12.9. The first kappa shape index (κ1) is 29.4. The molecule has 0 heterocycles. The highest BCUT2D eigenvalue weighted by molar-refractivity contribution is 9.10. The van der Waals surface area contributed by atoms with Crippen molar-refractivity contribution in [3.8, 4) is 5.75 Å². The summed E-state index contributed by atoms with van der Waals surface area (Å²) in [4.78, 5) is 36.7. The lowest BCUT2D eigenvalue weighted by Crippen LogP contribution is -2.29. The summed E-state index contributed by atoms with van der Waals surface area (Å²) in [5.41, 5.74) is 7.68. The monoisotopic (exact) mass is 593 g/mol. The number of rotatable bonds is 10. The van der Waals surface area contributed by atoms with Crippen LogP contribution in [0.15, 0.2) is 83.4 Å². The third kappa shape index (κ3) is 8.44. The first-order valence-electron chi connectivity index (χ1n) is 12.4. The molecule has 9 heteroatoms. The molecular formula is C30H32BrN3O5. The van der Waals surface area contributed by atoms with E-state index < -0.39 is 17.6 Å². The number of nitrogen functional groups attached to an aromatic ring is 1. The van der Waals surface area contributed by atoms with Gasteiger partial charge in [-0.2, -0.15) is 0 Å². The Hall–Kier alpha value is -4.11. The van der Waals surface area contributed by atoms with Crippen LogP contribution in [0.1, 0.15) is 55.6 Å². The van der Waals surface area contributed by atoms with Crippen molar-refractivity contribution in [2.24, 2.45) is 5.41 Å². The standard InChI is InChI=1S/C30H32BrN3O5/c1-19(35)20-11-14-22(15-12-20)33-29(38)39-28(23-18-21(31)13-16-26(23)36)30(2,3)17-7-6-10-27(37)34-25-9-5-4-8-24(25)32/h4-6,8-16,18,28,36H,7,17,32H2,1-3H3,(H,33,38)(H,34,37)/b10-6+/t28-/m1/s1. The van der Waals surface area contributed by atoms with Crippen molar-refractivity contribution in [2.75, 3.05) is 16.4 Å². The van der Waals surface area contributed by atoms with Gasteiger partial charge in [0.1, 0.15) is 11.9 Å². The number of nitrogens with two attached hydrogens (primary N) is 1. The molecule has 0 aliphatic carbocycles. The molecule has 1 atom stereocenters. The zero-order valence-corrected chi connectivity index (χ0v) is 23.6. The van der Waals surface area contributed by atoms with Gasteiger partial charge in [0.05, 0.1) is 11.4 Å². The van der Waals surface area contributed by atoms with E-state index in [1.807, 2.05) is 13.8 Å². The molecule has 0 unspecified atom stereocenters. The molecule has 3 aromatic carbocycles. The Labute approximate surface area is 236 Å². The molecule has 0 aromatic heterocycles.